The molecule has 0 aromatic rings. The molecule has 2 atom stereocenters. The SMILES string of the molecule is CCCC(C)NC(=O)CN1CCOC(CC(=O)OC)C1. The molecule has 0 bridgehead atoms. The maximum atomic E-state index is 11.9. The maximum Gasteiger partial charge on any atom is 0.308 e. The summed E-state index contributed by atoms with van der Waals surface area (Å²) in [7, 11) is 1.37. The van der Waals surface area contributed by atoms with Gasteiger partial charge in [0.1, 0.15) is 0 Å². The van der Waals surface area contributed by atoms with Gasteiger partial charge in [-0.3, -0.25) is 14.5 Å². The van der Waals surface area contributed by atoms with Crippen LogP contribution in [0.3, 0.4) is 0 Å². The Balaban J connectivity index is 2.32. The molecule has 0 saturated carbocycles. The first-order valence-corrected chi connectivity index (χ1v) is 7.25. The fourth-order valence-corrected chi connectivity index (χ4v) is 2.35. The van der Waals surface area contributed by atoms with E-state index >= 15 is 0 Å². The van der Waals surface area contributed by atoms with Crippen LogP contribution in [0.2, 0.25) is 0 Å². The monoisotopic (exact) mass is 286 g/mol. The summed E-state index contributed by atoms with van der Waals surface area (Å²) in [5, 5.41) is 2.98. The van der Waals surface area contributed by atoms with Gasteiger partial charge in [0.05, 0.1) is 32.8 Å². The van der Waals surface area contributed by atoms with E-state index in [1.807, 2.05) is 11.8 Å². The summed E-state index contributed by atoms with van der Waals surface area (Å²) in [5.41, 5.74) is 0. The zero-order valence-corrected chi connectivity index (χ0v) is 12.7. The predicted molar refractivity (Wildman–Crippen MR) is 75.3 cm³/mol. The molecule has 20 heavy (non-hydrogen) atoms. The van der Waals surface area contributed by atoms with E-state index in [0.717, 1.165) is 12.8 Å². The Morgan fingerprint density at radius 2 is 2.25 bits per heavy atom. The fraction of sp³-hybridized carbons (Fsp3) is 0.857. The molecule has 1 aliphatic heterocycles. The predicted octanol–water partition coefficient (Wildman–Crippen LogP) is 0.555. The molecule has 0 spiro atoms. The second-order valence-electron chi connectivity index (χ2n) is 5.27. The molecule has 1 N–H and O–H groups in total. The van der Waals surface area contributed by atoms with Gasteiger partial charge in [-0.2, -0.15) is 0 Å². The van der Waals surface area contributed by atoms with Crippen molar-refractivity contribution in [3.63, 3.8) is 0 Å². The molecule has 0 aromatic heterocycles. The highest BCUT2D eigenvalue weighted by atomic mass is 16.5. The molecule has 2 unspecified atom stereocenters. The summed E-state index contributed by atoms with van der Waals surface area (Å²) in [6.45, 7) is 6.31. The first kappa shape index (κ1) is 16.9. The van der Waals surface area contributed by atoms with Crippen molar-refractivity contribution >= 4 is 11.9 Å². The molecule has 1 amide bonds. The molecule has 116 valence electrons. The van der Waals surface area contributed by atoms with Crippen LogP contribution in [0, 0.1) is 0 Å². The van der Waals surface area contributed by atoms with Crippen molar-refractivity contribution in [1.82, 2.24) is 10.2 Å². The Morgan fingerprint density at radius 1 is 1.50 bits per heavy atom. The first-order valence-electron chi connectivity index (χ1n) is 7.25. The van der Waals surface area contributed by atoms with E-state index in [1.165, 1.54) is 7.11 Å². The average molecular weight is 286 g/mol. The number of hydrogen-bond acceptors (Lipinski definition) is 5. The third kappa shape index (κ3) is 6.34. The van der Waals surface area contributed by atoms with Gasteiger partial charge in [0.15, 0.2) is 0 Å². The van der Waals surface area contributed by atoms with Crippen LogP contribution < -0.4 is 5.32 Å². The van der Waals surface area contributed by atoms with Crippen molar-refractivity contribution in [1.29, 1.82) is 0 Å². The fourth-order valence-electron chi connectivity index (χ4n) is 2.35. The number of morpholine rings is 1. The number of hydrogen-bond donors (Lipinski definition) is 1. The number of carbonyl (C=O) groups excluding carboxylic acids is 2. The van der Waals surface area contributed by atoms with Crippen molar-refractivity contribution < 1.29 is 19.1 Å². The Labute approximate surface area is 120 Å². The topological polar surface area (TPSA) is 67.9 Å². The molecule has 1 rings (SSSR count). The number of carbonyl (C=O) groups is 2. The first-order chi connectivity index (χ1) is 9.55. The van der Waals surface area contributed by atoms with Gasteiger partial charge in [0, 0.05) is 19.1 Å². The van der Waals surface area contributed by atoms with Crippen molar-refractivity contribution in [3.05, 3.63) is 0 Å². The van der Waals surface area contributed by atoms with Crippen molar-refractivity contribution in [2.24, 2.45) is 0 Å². The van der Waals surface area contributed by atoms with Gasteiger partial charge in [-0.15, -0.1) is 0 Å². The van der Waals surface area contributed by atoms with E-state index in [0.29, 0.717) is 26.2 Å². The Bertz CT molecular complexity index is 322. The van der Waals surface area contributed by atoms with E-state index in [1.54, 1.807) is 0 Å². The van der Waals surface area contributed by atoms with Gasteiger partial charge < -0.3 is 14.8 Å². The van der Waals surface area contributed by atoms with Crippen LogP contribution in [-0.2, 0) is 19.1 Å². The second kappa shape index (κ2) is 8.92. The van der Waals surface area contributed by atoms with Crippen molar-refractivity contribution in [2.45, 2.75) is 45.3 Å². The van der Waals surface area contributed by atoms with E-state index in [2.05, 4.69) is 17.0 Å². The average Bonchev–Trinajstić information content (AvgIpc) is 2.38. The number of methoxy groups -OCH3 is 1. The zero-order valence-electron chi connectivity index (χ0n) is 12.7. The van der Waals surface area contributed by atoms with Gasteiger partial charge in [-0.25, -0.2) is 0 Å². The molecule has 0 aromatic carbocycles. The van der Waals surface area contributed by atoms with Crippen LogP contribution in [-0.4, -0.2) is 62.3 Å². The standard InChI is InChI=1S/C14H26N2O4/c1-4-5-11(2)15-13(17)10-16-6-7-20-12(9-16)8-14(18)19-3/h11-12H,4-10H2,1-3H3,(H,15,17). The van der Waals surface area contributed by atoms with Crippen LogP contribution in [0.4, 0.5) is 0 Å². The summed E-state index contributed by atoms with van der Waals surface area (Å²) in [4.78, 5) is 25.1. The molecule has 1 saturated heterocycles. The largest absolute Gasteiger partial charge is 0.469 e. The lowest BCUT2D eigenvalue weighted by Crippen LogP contribution is -2.48. The maximum absolute atomic E-state index is 11.9. The molecular weight excluding hydrogens is 260 g/mol. The number of esters is 1. The Morgan fingerprint density at radius 3 is 2.90 bits per heavy atom. The number of ether oxygens (including phenoxy) is 2. The second-order valence-corrected chi connectivity index (χ2v) is 5.27. The molecule has 0 aliphatic carbocycles. The van der Waals surface area contributed by atoms with Gasteiger partial charge in [0.2, 0.25) is 5.91 Å². The van der Waals surface area contributed by atoms with Crippen LogP contribution in [0.15, 0.2) is 0 Å². The highest BCUT2D eigenvalue weighted by molar-refractivity contribution is 5.78. The molecule has 1 aliphatic rings. The number of rotatable bonds is 7. The van der Waals surface area contributed by atoms with Crippen LogP contribution in [0.5, 0.6) is 0 Å². The normalized spacial score (nSPS) is 21.2. The van der Waals surface area contributed by atoms with Crippen LogP contribution in [0.1, 0.15) is 33.1 Å². The molecule has 6 nitrogen and oxygen atoms in total. The summed E-state index contributed by atoms with van der Waals surface area (Å²) in [6, 6.07) is 0.208. The minimum absolute atomic E-state index is 0.0321. The van der Waals surface area contributed by atoms with Gasteiger partial charge in [0.25, 0.3) is 0 Å². The minimum atomic E-state index is -0.280. The highest BCUT2D eigenvalue weighted by Crippen LogP contribution is 2.09. The third-order valence-corrected chi connectivity index (χ3v) is 3.34. The zero-order chi connectivity index (χ0) is 15.0. The summed E-state index contributed by atoms with van der Waals surface area (Å²) < 4.78 is 10.1. The number of nitrogens with zero attached hydrogens (tertiary/aromatic N) is 1. The Kier molecular flexibility index (Phi) is 7.54. The molecular formula is C14H26N2O4. The van der Waals surface area contributed by atoms with Crippen LogP contribution >= 0.6 is 0 Å². The lowest BCUT2D eigenvalue weighted by atomic mass is 10.2. The molecule has 0 radical (unpaired) electrons. The number of amides is 1. The van der Waals surface area contributed by atoms with Gasteiger partial charge >= 0.3 is 5.97 Å². The van der Waals surface area contributed by atoms with E-state index in [4.69, 9.17) is 4.74 Å². The number of nitrogens with one attached hydrogen (secondary N) is 1. The Hall–Kier alpha value is -1.14. The minimum Gasteiger partial charge on any atom is -0.469 e. The van der Waals surface area contributed by atoms with E-state index < -0.39 is 0 Å². The van der Waals surface area contributed by atoms with Crippen molar-refractivity contribution in [2.75, 3.05) is 33.4 Å². The molecule has 6 heteroatoms. The quantitative estimate of drug-likeness (QED) is 0.692. The third-order valence-electron chi connectivity index (χ3n) is 3.34. The molecule has 1 fully saturated rings. The van der Waals surface area contributed by atoms with Gasteiger partial charge in [-0.05, 0) is 13.3 Å². The highest BCUT2D eigenvalue weighted by Gasteiger charge is 2.24. The van der Waals surface area contributed by atoms with Crippen molar-refractivity contribution in [3.8, 4) is 0 Å². The van der Waals surface area contributed by atoms with Crippen LogP contribution in [0.25, 0.3) is 0 Å². The summed E-state index contributed by atoms with van der Waals surface area (Å²) in [5.74, 6) is -0.248. The van der Waals surface area contributed by atoms with E-state index in [9.17, 15) is 9.59 Å². The lowest BCUT2D eigenvalue weighted by molar-refractivity contribution is -0.145. The molecule has 1 heterocycles. The lowest BCUT2D eigenvalue weighted by Gasteiger charge is -2.32. The van der Waals surface area contributed by atoms with E-state index in [-0.39, 0.29) is 30.4 Å². The smallest absolute Gasteiger partial charge is 0.308 e. The summed E-state index contributed by atoms with van der Waals surface area (Å²) >= 11 is 0. The van der Waals surface area contributed by atoms with Gasteiger partial charge in [-0.1, -0.05) is 13.3 Å². The summed E-state index contributed by atoms with van der Waals surface area (Å²) in [6.07, 6.45) is 2.10.